The van der Waals surface area contributed by atoms with E-state index in [0.29, 0.717) is 17.9 Å². The van der Waals surface area contributed by atoms with Crippen molar-refractivity contribution >= 4 is 0 Å². The third-order valence-electron chi connectivity index (χ3n) is 3.54. The SMILES string of the molecule is CNC1CCC(c2ccn(C)n2)C1C. The van der Waals surface area contributed by atoms with Crippen molar-refractivity contribution in [1.29, 1.82) is 0 Å². The fourth-order valence-corrected chi connectivity index (χ4v) is 2.62. The van der Waals surface area contributed by atoms with Gasteiger partial charge in [0.1, 0.15) is 0 Å². The first-order valence-corrected chi connectivity index (χ1v) is 5.39. The molecule has 0 amide bonds. The molecular formula is C11H19N3. The summed E-state index contributed by atoms with van der Waals surface area (Å²) in [5.74, 6) is 1.35. The van der Waals surface area contributed by atoms with Gasteiger partial charge >= 0.3 is 0 Å². The number of nitrogens with one attached hydrogen (secondary N) is 1. The molecule has 3 heteroatoms. The Labute approximate surface area is 85.5 Å². The van der Waals surface area contributed by atoms with Crippen molar-refractivity contribution in [3.05, 3.63) is 18.0 Å². The van der Waals surface area contributed by atoms with E-state index in [4.69, 9.17) is 0 Å². The highest BCUT2D eigenvalue weighted by molar-refractivity contribution is 5.11. The Kier molecular flexibility index (Phi) is 2.59. The summed E-state index contributed by atoms with van der Waals surface area (Å²) in [7, 11) is 4.04. The smallest absolute Gasteiger partial charge is 0.0658 e. The topological polar surface area (TPSA) is 29.9 Å². The molecular weight excluding hydrogens is 174 g/mol. The first kappa shape index (κ1) is 9.71. The van der Waals surface area contributed by atoms with Crippen molar-refractivity contribution in [1.82, 2.24) is 15.1 Å². The molecule has 78 valence electrons. The number of hydrogen-bond acceptors (Lipinski definition) is 2. The molecule has 0 saturated heterocycles. The van der Waals surface area contributed by atoms with Gasteiger partial charge in [-0.1, -0.05) is 6.92 Å². The average Bonchev–Trinajstić information content (AvgIpc) is 2.72. The van der Waals surface area contributed by atoms with E-state index in [1.807, 2.05) is 17.9 Å². The van der Waals surface area contributed by atoms with Gasteiger partial charge in [-0.05, 0) is 31.9 Å². The fraction of sp³-hybridized carbons (Fsp3) is 0.727. The monoisotopic (exact) mass is 193 g/mol. The van der Waals surface area contributed by atoms with Crippen LogP contribution >= 0.6 is 0 Å². The van der Waals surface area contributed by atoms with Crippen LogP contribution in [0.25, 0.3) is 0 Å². The number of aromatic nitrogens is 2. The minimum atomic E-state index is 0.647. The van der Waals surface area contributed by atoms with Crippen LogP contribution in [-0.2, 0) is 7.05 Å². The van der Waals surface area contributed by atoms with E-state index in [0.717, 1.165) is 0 Å². The molecule has 1 aromatic rings. The maximum absolute atomic E-state index is 4.50. The molecule has 0 aliphatic heterocycles. The fourth-order valence-electron chi connectivity index (χ4n) is 2.62. The molecule has 0 radical (unpaired) electrons. The summed E-state index contributed by atoms with van der Waals surface area (Å²) in [6.45, 7) is 2.33. The minimum Gasteiger partial charge on any atom is -0.317 e. The molecule has 2 rings (SSSR count). The Morgan fingerprint density at radius 1 is 1.50 bits per heavy atom. The Balaban J connectivity index is 2.13. The van der Waals surface area contributed by atoms with Gasteiger partial charge in [0.25, 0.3) is 0 Å². The maximum atomic E-state index is 4.50. The second-order valence-corrected chi connectivity index (χ2v) is 4.35. The van der Waals surface area contributed by atoms with Crippen molar-refractivity contribution in [2.24, 2.45) is 13.0 Å². The van der Waals surface area contributed by atoms with Crippen LogP contribution < -0.4 is 5.32 Å². The molecule has 0 aromatic carbocycles. The van der Waals surface area contributed by atoms with Crippen LogP contribution in [0.15, 0.2) is 12.3 Å². The van der Waals surface area contributed by atoms with Crippen LogP contribution in [0.4, 0.5) is 0 Å². The normalized spacial score (nSPS) is 32.4. The highest BCUT2D eigenvalue weighted by Gasteiger charge is 2.33. The van der Waals surface area contributed by atoms with Crippen molar-refractivity contribution < 1.29 is 0 Å². The molecule has 3 unspecified atom stereocenters. The molecule has 3 atom stereocenters. The summed E-state index contributed by atoms with van der Waals surface area (Å²) in [6, 6.07) is 2.82. The van der Waals surface area contributed by atoms with Gasteiger partial charge in [0.15, 0.2) is 0 Å². The number of aryl methyl sites for hydroxylation is 1. The lowest BCUT2D eigenvalue weighted by molar-refractivity contribution is 0.423. The molecule has 1 aromatic heterocycles. The van der Waals surface area contributed by atoms with Crippen molar-refractivity contribution in [2.45, 2.75) is 31.7 Å². The molecule has 1 heterocycles. The van der Waals surface area contributed by atoms with Gasteiger partial charge in [-0.3, -0.25) is 4.68 Å². The molecule has 0 spiro atoms. The highest BCUT2D eigenvalue weighted by Crippen LogP contribution is 2.38. The van der Waals surface area contributed by atoms with Crippen LogP contribution in [0.1, 0.15) is 31.4 Å². The van der Waals surface area contributed by atoms with Gasteiger partial charge in [0.2, 0.25) is 0 Å². The lowest BCUT2D eigenvalue weighted by atomic mass is 9.93. The second-order valence-electron chi connectivity index (χ2n) is 4.35. The predicted octanol–water partition coefficient (Wildman–Crippen LogP) is 1.52. The van der Waals surface area contributed by atoms with Gasteiger partial charge in [0, 0.05) is 25.2 Å². The van der Waals surface area contributed by atoms with E-state index < -0.39 is 0 Å². The van der Waals surface area contributed by atoms with E-state index in [-0.39, 0.29) is 0 Å². The Morgan fingerprint density at radius 3 is 2.79 bits per heavy atom. The lowest BCUT2D eigenvalue weighted by Crippen LogP contribution is -2.28. The van der Waals surface area contributed by atoms with Crippen molar-refractivity contribution in [2.75, 3.05) is 7.05 Å². The summed E-state index contributed by atoms with van der Waals surface area (Å²) in [5.41, 5.74) is 1.26. The summed E-state index contributed by atoms with van der Waals surface area (Å²) in [6.07, 6.45) is 4.58. The van der Waals surface area contributed by atoms with Crippen LogP contribution in [0.2, 0.25) is 0 Å². The van der Waals surface area contributed by atoms with Gasteiger partial charge in [-0.25, -0.2) is 0 Å². The van der Waals surface area contributed by atoms with Gasteiger partial charge in [-0.2, -0.15) is 5.10 Å². The molecule has 1 N–H and O–H groups in total. The summed E-state index contributed by atoms with van der Waals surface area (Å²) >= 11 is 0. The second kappa shape index (κ2) is 3.73. The highest BCUT2D eigenvalue weighted by atomic mass is 15.2. The van der Waals surface area contributed by atoms with E-state index in [1.165, 1.54) is 18.5 Å². The molecule has 1 aliphatic rings. The molecule has 0 bridgehead atoms. The van der Waals surface area contributed by atoms with E-state index in [2.05, 4.69) is 30.5 Å². The first-order valence-electron chi connectivity index (χ1n) is 5.39. The zero-order valence-electron chi connectivity index (χ0n) is 9.20. The van der Waals surface area contributed by atoms with Crippen LogP contribution in [0.3, 0.4) is 0 Å². The quantitative estimate of drug-likeness (QED) is 0.772. The zero-order valence-corrected chi connectivity index (χ0v) is 9.20. The molecule has 1 aliphatic carbocycles. The predicted molar refractivity (Wildman–Crippen MR) is 57.2 cm³/mol. The van der Waals surface area contributed by atoms with Crippen LogP contribution in [0, 0.1) is 5.92 Å². The van der Waals surface area contributed by atoms with E-state index >= 15 is 0 Å². The van der Waals surface area contributed by atoms with E-state index in [9.17, 15) is 0 Å². The minimum absolute atomic E-state index is 0.647. The van der Waals surface area contributed by atoms with E-state index in [1.54, 1.807) is 0 Å². The number of hydrogen-bond donors (Lipinski definition) is 1. The van der Waals surface area contributed by atoms with Gasteiger partial charge in [0.05, 0.1) is 5.69 Å². The van der Waals surface area contributed by atoms with Gasteiger partial charge in [-0.15, -0.1) is 0 Å². The van der Waals surface area contributed by atoms with Crippen LogP contribution in [-0.4, -0.2) is 22.9 Å². The Morgan fingerprint density at radius 2 is 2.29 bits per heavy atom. The first-order chi connectivity index (χ1) is 6.72. The summed E-state index contributed by atoms with van der Waals surface area (Å²) < 4.78 is 1.90. The largest absolute Gasteiger partial charge is 0.317 e. The lowest BCUT2D eigenvalue weighted by Gasteiger charge is -2.18. The van der Waals surface area contributed by atoms with Gasteiger partial charge < -0.3 is 5.32 Å². The number of rotatable bonds is 2. The van der Waals surface area contributed by atoms with Crippen molar-refractivity contribution in [3.8, 4) is 0 Å². The maximum Gasteiger partial charge on any atom is 0.0658 e. The Hall–Kier alpha value is -0.830. The molecule has 1 saturated carbocycles. The molecule has 1 fully saturated rings. The van der Waals surface area contributed by atoms with Crippen molar-refractivity contribution in [3.63, 3.8) is 0 Å². The third-order valence-corrected chi connectivity index (χ3v) is 3.54. The third kappa shape index (κ3) is 1.57. The molecule has 14 heavy (non-hydrogen) atoms. The molecule has 3 nitrogen and oxygen atoms in total. The van der Waals surface area contributed by atoms with Crippen LogP contribution in [0.5, 0.6) is 0 Å². The Bertz CT molecular complexity index is 305. The standard InChI is InChI=1S/C11H19N3/c1-8-9(4-5-10(8)12-2)11-6-7-14(3)13-11/h6-10,12H,4-5H2,1-3H3. The average molecular weight is 193 g/mol. The summed E-state index contributed by atoms with van der Waals surface area (Å²) in [5, 5.41) is 7.89. The summed E-state index contributed by atoms with van der Waals surface area (Å²) in [4.78, 5) is 0. The zero-order chi connectivity index (χ0) is 10.1. The number of nitrogens with zero attached hydrogens (tertiary/aromatic N) is 2.